The number of fused-ring (bicyclic) bond motifs is 1. The first-order chi connectivity index (χ1) is 10.2. The van der Waals surface area contributed by atoms with E-state index in [9.17, 15) is 10.1 Å². The Balaban J connectivity index is 2.18. The molecule has 1 aromatic carbocycles. The van der Waals surface area contributed by atoms with E-state index in [1.165, 1.54) is 6.20 Å². The van der Waals surface area contributed by atoms with Gasteiger partial charge in [-0.25, -0.2) is 4.98 Å². The van der Waals surface area contributed by atoms with Crippen molar-refractivity contribution in [1.29, 1.82) is 0 Å². The molecule has 0 amide bonds. The lowest BCUT2D eigenvalue weighted by Crippen LogP contribution is -2.37. The van der Waals surface area contributed by atoms with Gasteiger partial charge in [0.05, 0.1) is 10.4 Å². The van der Waals surface area contributed by atoms with Crippen molar-refractivity contribution < 1.29 is 4.92 Å². The van der Waals surface area contributed by atoms with Crippen LogP contribution < -0.4 is 10.2 Å². The molecular formula is C15H18N4O2. The second-order valence-corrected chi connectivity index (χ2v) is 5.31. The maximum atomic E-state index is 11.4. The number of aromatic nitrogens is 1. The molecule has 21 heavy (non-hydrogen) atoms. The van der Waals surface area contributed by atoms with Crippen molar-refractivity contribution in [3.05, 3.63) is 40.6 Å². The van der Waals surface area contributed by atoms with E-state index in [0.717, 1.165) is 36.8 Å². The molecule has 1 atom stereocenters. The Hall–Kier alpha value is -2.21. The largest absolute Gasteiger partial charge is 0.361 e. The van der Waals surface area contributed by atoms with Gasteiger partial charge in [0.2, 0.25) is 0 Å². The van der Waals surface area contributed by atoms with Gasteiger partial charge in [0.1, 0.15) is 11.9 Å². The van der Waals surface area contributed by atoms with Gasteiger partial charge in [0.25, 0.3) is 0 Å². The molecule has 1 aliphatic rings. The summed E-state index contributed by atoms with van der Waals surface area (Å²) in [5, 5.41) is 15.4. The zero-order valence-corrected chi connectivity index (χ0v) is 12.0. The fourth-order valence-corrected chi connectivity index (χ4v) is 3.13. The summed E-state index contributed by atoms with van der Waals surface area (Å²) in [4.78, 5) is 17.5. The number of nitro groups is 1. The van der Waals surface area contributed by atoms with Gasteiger partial charge in [-0.15, -0.1) is 0 Å². The monoisotopic (exact) mass is 286 g/mol. The van der Waals surface area contributed by atoms with Gasteiger partial charge in [0, 0.05) is 24.5 Å². The zero-order chi connectivity index (χ0) is 14.8. The number of nitrogens with one attached hydrogen (secondary N) is 1. The number of anilines is 1. The summed E-state index contributed by atoms with van der Waals surface area (Å²) in [6, 6.07) is 7.91. The SMILES string of the molecule is CNCC1CCCN1c1c([N+](=O)[O-])cnc2ccccc12. The summed E-state index contributed by atoms with van der Waals surface area (Å²) in [7, 11) is 1.91. The van der Waals surface area contributed by atoms with Crippen LogP contribution in [0.25, 0.3) is 10.9 Å². The van der Waals surface area contributed by atoms with Crippen LogP contribution in [0.3, 0.4) is 0 Å². The Morgan fingerprint density at radius 3 is 3.05 bits per heavy atom. The van der Waals surface area contributed by atoms with Crippen LogP contribution in [-0.4, -0.2) is 36.1 Å². The molecule has 0 radical (unpaired) electrons. The molecule has 0 bridgehead atoms. The molecule has 0 saturated carbocycles. The molecule has 6 heteroatoms. The Kier molecular flexibility index (Phi) is 3.70. The number of likely N-dealkylation sites (N-methyl/N-ethyl adjacent to an activating group) is 1. The standard InChI is InChI=1S/C15H18N4O2/c1-16-9-11-5-4-8-18(11)15-12-6-2-3-7-13(12)17-10-14(15)19(20)21/h2-3,6-7,10-11,16H,4-5,8-9H2,1H3. The Labute approximate surface area is 122 Å². The van der Waals surface area contributed by atoms with Crippen LogP contribution in [0.4, 0.5) is 11.4 Å². The highest BCUT2D eigenvalue weighted by molar-refractivity contribution is 5.96. The van der Waals surface area contributed by atoms with Gasteiger partial charge >= 0.3 is 5.69 Å². The van der Waals surface area contributed by atoms with Crippen LogP contribution in [0.2, 0.25) is 0 Å². The molecule has 0 spiro atoms. The van der Waals surface area contributed by atoms with Gasteiger partial charge in [0.15, 0.2) is 0 Å². The van der Waals surface area contributed by atoms with E-state index < -0.39 is 0 Å². The summed E-state index contributed by atoms with van der Waals surface area (Å²) < 4.78 is 0. The van der Waals surface area contributed by atoms with E-state index in [4.69, 9.17) is 0 Å². The molecule has 1 saturated heterocycles. The average molecular weight is 286 g/mol. The maximum Gasteiger partial charge on any atom is 0.311 e. The Morgan fingerprint density at radius 1 is 1.48 bits per heavy atom. The number of para-hydroxylation sites is 1. The van der Waals surface area contributed by atoms with E-state index in [0.29, 0.717) is 11.7 Å². The molecule has 1 aromatic heterocycles. The molecule has 3 rings (SSSR count). The molecule has 6 nitrogen and oxygen atoms in total. The Morgan fingerprint density at radius 2 is 2.29 bits per heavy atom. The third kappa shape index (κ3) is 2.42. The van der Waals surface area contributed by atoms with Crippen molar-refractivity contribution in [3.63, 3.8) is 0 Å². The lowest BCUT2D eigenvalue weighted by molar-refractivity contribution is -0.384. The van der Waals surface area contributed by atoms with Crippen LogP contribution in [0, 0.1) is 10.1 Å². The molecule has 2 aromatic rings. The van der Waals surface area contributed by atoms with Gasteiger partial charge in [-0.3, -0.25) is 10.1 Å². The number of hydrogen-bond acceptors (Lipinski definition) is 5. The van der Waals surface area contributed by atoms with Crippen molar-refractivity contribution in [1.82, 2.24) is 10.3 Å². The van der Waals surface area contributed by atoms with Gasteiger partial charge in [-0.1, -0.05) is 18.2 Å². The minimum Gasteiger partial charge on any atom is -0.361 e. The Bertz CT molecular complexity index is 674. The van der Waals surface area contributed by atoms with E-state index >= 15 is 0 Å². The first-order valence-corrected chi connectivity index (χ1v) is 7.15. The molecule has 1 N–H and O–H groups in total. The minimum atomic E-state index is -0.330. The topological polar surface area (TPSA) is 71.3 Å². The van der Waals surface area contributed by atoms with E-state index in [1.54, 1.807) is 0 Å². The summed E-state index contributed by atoms with van der Waals surface area (Å²) in [6.45, 7) is 1.68. The number of benzene rings is 1. The third-order valence-corrected chi connectivity index (χ3v) is 4.03. The normalized spacial score (nSPS) is 18.3. The highest BCUT2D eigenvalue weighted by atomic mass is 16.6. The second kappa shape index (κ2) is 5.65. The van der Waals surface area contributed by atoms with Crippen LogP contribution in [-0.2, 0) is 0 Å². The van der Waals surface area contributed by atoms with Gasteiger partial charge < -0.3 is 10.2 Å². The molecule has 2 heterocycles. The second-order valence-electron chi connectivity index (χ2n) is 5.31. The van der Waals surface area contributed by atoms with Crippen molar-refractivity contribution in [2.24, 2.45) is 0 Å². The van der Waals surface area contributed by atoms with E-state index in [2.05, 4.69) is 15.2 Å². The summed E-state index contributed by atoms with van der Waals surface area (Å²) >= 11 is 0. The fraction of sp³-hybridized carbons (Fsp3) is 0.400. The summed E-state index contributed by atoms with van der Waals surface area (Å²) in [5.74, 6) is 0. The molecular weight excluding hydrogens is 268 g/mol. The first kappa shape index (κ1) is 13.8. The zero-order valence-electron chi connectivity index (χ0n) is 12.0. The maximum absolute atomic E-state index is 11.4. The predicted octanol–water partition coefficient (Wildman–Crippen LogP) is 2.33. The van der Waals surface area contributed by atoms with Crippen molar-refractivity contribution in [3.8, 4) is 0 Å². The van der Waals surface area contributed by atoms with Crippen LogP contribution in [0.5, 0.6) is 0 Å². The van der Waals surface area contributed by atoms with Crippen LogP contribution in [0.15, 0.2) is 30.5 Å². The summed E-state index contributed by atoms with van der Waals surface area (Å²) in [6.07, 6.45) is 3.49. The molecule has 1 aliphatic heterocycles. The molecule has 0 aliphatic carbocycles. The third-order valence-electron chi connectivity index (χ3n) is 4.03. The van der Waals surface area contributed by atoms with Crippen molar-refractivity contribution in [2.75, 3.05) is 25.0 Å². The molecule has 1 unspecified atom stereocenters. The average Bonchev–Trinajstić information content (AvgIpc) is 2.94. The lowest BCUT2D eigenvalue weighted by atomic mass is 10.1. The van der Waals surface area contributed by atoms with Gasteiger partial charge in [-0.05, 0) is 26.0 Å². The highest BCUT2D eigenvalue weighted by Crippen LogP contribution is 2.38. The highest BCUT2D eigenvalue weighted by Gasteiger charge is 2.31. The predicted molar refractivity (Wildman–Crippen MR) is 82.7 cm³/mol. The number of nitrogens with zero attached hydrogens (tertiary/aromatic N) is 3. The summed E-state index contributed by atoms with van der Waals surface area (Å²) in [5.41, 5.74) is 1.60. The van der Waals surface area contributed by atoms with Gasteiger partial charge in [-0.2, -0.15) is 0 Å². The van der Waals surface area contributed by atoms with E-state index in [1.807, 2.05) is 31.3 Å². The number of rotatable bonds is 4. The minimum absolute atomic E-state index is 0.0942. The number of pyridine rings is 1. The van der Waals surface area contributed by atoms with Crippen LogP contribution >= 0.6 is 0 Å². The quantitative estimate of drug-likeness (QED) is 0.690. The van der Waals surface area contributed by atoms with Crippen LogP contribution in [0.1, 0.15) is 12.8 Å². The first-order valence-electron chi connectivity index (χ1n) is 7.15. The smallest absolute Gasteiger partial charge is 0.311 e. The van der Waals surface area contributed by atoms with Crippen molar-refractivity contribution >= 4 is 22.3 Å². The number of hydrogen-bond donors (Lipinski definition) is 1. The van der Waals surface area contributed by atoms with Crippen molar-refractivity contribution in [2.45, 2.75) is 18.9 Å². The lowest BCUT2D eigenvalue weighted by Gasteiger charge is -2.27. The van der Waals surface area contributed by atoms with E-state index in [-0.39, 0.29) is 10.6 Å². The molecule has 110 valence electrons. The fourth-order valence-electron chi connectivity index (χ4n) is 3.13. The molecule has 1 fully saturated rings.